The molecule has 0 saturated heterocycles. The van der Waals surface area contributed by atoms with Crippen LogP contribution in [0.3, 0.4) is 0 Å². The summed E-state index contributed by atoms with van der Waals surface area (Å²) in [5, 5.41) is 3.95. The van der Waals surface area contributed by atoms with Crippen LogP contribution in [0.1, 0.15) is 37.7 Å². The molecule has 1 aliphatic carbocycles. The van der Waals surface area contributed by atoms with Gasteiger partial charge in [-0.3, -0.25) is 9.36 Å². The van der Waals surface area contributed by atoms with Crippen LogP contribution in [0.4, 0.5) is 17.2 Å². The summed E-state index contributed by atoms with van der Waals surface area (Å²) in [6.45, 7) is 1.76. The molecule has 146 valence electrons. The molecular formula is C19H23ClIN3O2S. The second-order valence-electron chi connectivity index (χ2n) is 6.86. The van der Waals surface area contributed by atoms with Gasteiger partial charge in [0.15, 0.2) is 0 Å². The maximum absolute atomic E-state index is 12.8. The third-order valence-corrected chi connectivity index (χ3v) is 7.32. The number of halogens is 2. The van der Waals surface area contributed by atoms with E-state index in [-0.39, 0.29) is 10.8 Å². The maximum atomic E-state index is 12.8. The number of aromatic nitrogens is 1. The number of benzene rings is 1. The van der Waals surface area contributed by atoms with Gasteiger partial charge in [-0.25, -0.2) is 4.21 Å². The molecule has 0 aliphatic heterocycles. The minimum atomic E-state index is -1.20. The minimum Gasteiger partial charge on any atom is -0.339 e. The molecule has 1 heterocycles. The number of nitrogens with one attached hydrogen (secondary N) is 2. The zero-order valence-corrected chi connectivity index (χ0v) is 19.1. The average Bonchev–Trinajstić information content (AvgIpc) is 2.65. The second kappa shape index (κ2) is 8.96. The van der Waals surface area contributed by atoms with Gasteiger partial charge in [0.25, 0.3) is 5.56 Å². The molecule has 0 bridgehead atoms. The Morgan fingerprint density at radius 3 is 2.56 bits per heavy atom. The summed E-state index contributed by atoms with van der Waals surface area (Å²) in [6.07, 6.45) is 5.39. The van der Waals surface area contributed by atoms with Crippen molar-refractivity contribution in [3.05, 3.63) is 48.8 Å². The molecule has 0 spiro atoms. The molecule has 1 fully saturated rings. The van der Waals surface area contributed by atoms with Crippen LogP contribution in [-0.4, -0.2) is 14.0 Å². The molecule has 8 heteroatoms. The average molecular weight is 520 g/mol. The monoisotopic (exact) mass is 519 g/mol. The molecular weight excluding hydrogens is 497 g/mol. The summed E-state index contributed by atoms with van der Waals surface area (Å²) in [7, 11) is 0.504. The van der Waals surface area contributed by atoms with E-state index < -0.39 is 11.0 Å². The number of hydrogen-bond donors (Lipinski definition) is 2. The lowest BCUT2D eigenvalue weighted by atomic mass is 10.0. The van der Waals surface area contributed by atoms with E-state index in [0.717, 1.165) is 29.3 Å². The predicted molar refractivity (Wildman–Crippen MR) is 123 cm³/mol. The van der Waals surface area contributed by atoms with Crippen LogP contribution < -0.4 is 15.6 Å². The van der Waals surface area contributed by atoms with E-state index in [9.17, 15) is 9.00 Å². The SMILES string of the molecule is Cc1cc(NS(=O)C2CCCCC2)c(Nc2ccc(I)cc2Cl)n(C)c1=O. The Bertz CT molecular complexity index is 926. The summed E-state index contributed by atoms with van der Waals surface area (Å²) in [4.78, 5) is 12.4. The quantitative estimate of drug-likeness (QED) is 0.540. The molecule has 1 unspecified atom stereocenters. The number of rotatable bonds is 5. The van der Waals surface area contributed by atoms with E-state index in [1.54, 1.807) is 20.0 Å². The highest BCUT2D eigenvalue weighted by atomic mass is 127. The molecule has 1 aromatic carbocycles. The Labute approximate surface area is 180 Å². The number of anilines is 3. The highest BCUT2D eigenvalue weighted by Gasteiger charge is 2.22. The fourth-order valence-corrected chi connectivity index (χ4v) is 5.52. The van der Waals surface area contributed by atoms with Gasteiger partial charge in [-0.05, 0) is 66.6 Å². The Morgan fingerprint density at radius 1 is 1.19 bits per heavy atom. The van der Waals surface area contributed by atoms with Gasteiger partial charge in [0, 0.05) is 16.2 Å². The molecule has 5 nitrogen and oxygen atoms in total. The number of pyridine rings is 1. The fraction of sp³-hybridized carbons (Fsp3) is 0.421. The van der Waals surface area contributed by atoms with E-state index in [1.807, 2.05) is 18.2 Å². The lowest BCUT2D eigenvalue weighted by Gasteiger charge is -2.23. The standard InChI is InChI=1S/C19H23ClIN3O2S/c1-12-10-17(23-27(26)14-6-4-3-5-7-14)18(24(2)19(12)25)22-16-9-8-13(21)11-15(16)20/h8-11,14,22-23H,3-7H2,1-2H3. The minimum absolute atomic E-state index is 0.104. The van der Waals surface area contributed by atoms with Crippen molar-refractivity contribution >= 4 is 62.4 Å². The Kier molecular flexibility index (Phi) is 6.86. The number of aryl methyl sites for hydroxylation is 1. The van der Waals surface area contributed by atoms with Gasteiger partial charge < -0.3 is 10.0 Å². The molecule has 1 saturated carbocycles. The summed E-state index contributed by atoms with van der Waals surface area (Å²) >= 11 is 8.54. The molecule has 0 amide bonds. The molecule has 27 heavy (non-hydrogen) atoms. The first-order chi connectivity index (χ1) is 12.9. The lowest BCUT2D eigenvalue weighted by molar-refractivity contribution is 0.506. The molecule has 1 aliphatic rings. The first-order valence-corrected chi connectivity index (χ1v) is 11.6. The lowest BCUT2D eigenvalue weighted by Crippen LogP contribution is -2.27. The summed E-state index contributed by atoms with van der Waals surface area (Å²) < 4.78 is 18.6. The van der Waals surface area contributed by atoms with Crippen LogP contribution in [0, 0.1) is 10.5 Å². The third-order valence-electron chi connectivity index (χ3n) is 4.84. The second-order valence-corrected chi connectivity index (χ2v) is 9.98. The van der Waals surface area contributed by atoms with Gasteiger partial charge in [-0.1, -0.05) is 30.9 Å². The maximum Gasteiger partial charge on any atom is 0.254 e. The molecule has 1 aromatic heterocycles. The van der Waals surface area contributed by atoms with Gasteiger partial charge in [0.05, 0.1) is 21.6 Å². The van der Waals surface area contributed by atoms with Crippen molar-refractivity contribution in [1.82, 2.24) is 4.57 Å². The summed E-state index contributed by atoms with van der Waals surface area (Å²) in [5.41, 5.74) is 1.84. The van der Waals surface area contributed by atoms with Crippen molar-refractivity contribution in [2.45, 2.75) is 44.3 Å². The molecule has 0 radical (unpaired) electrons. The smallest absolute Gasteiger partial charge is 0.254 e. The number of hydrogen-bond acceptors (Lipinski definition) is 3. The predicted octanol–water partition coefficient (Wildman–Crippen LogP) is 5.10. The zero-order chi connectivity index (χ0) is 19.6. The van der Waals surface area contributed by atoms with E-state index >= 15 is 0 Å². The normalized spacial score (nSPS) is 16.1. The van der Waals surface area contributed by atoms with Gasteiger partial charge in [-0.15, -0.1) is 0 Å². The van der Waals surface area contributed by atoms with Crippen molar-refractivity contribution in [3.63, 3.8) is 0 Å². The number of nitrogens with zero attached hydrogens (tertiary/aromatic N) is 1. The van der Waals surface area contributed by atoms with E-state index in [0.29, 0.717) is 27.8 Å². The zero-order valence-electron chi connectivity index (χ0n) is 15.4. The van der Waals surface area contributed by atoms with E-state index in [4.69, 9.17) is 11.6 Å². The summed E-state index contributed by atoms with van der Waals surface area (Å²) in [5.74, 6) is 0.554. The summed E-state index contributed by atoms with van der Waals surface area (Å²) in [6, 6.07) is 7.42. The van der Waals surface area contributed by atoms with Crippen LogP contribution >= 0.6 is 34.2 Å². The highest BCUT2D eigenvalue weighted by molar-refractivity contribution is 14.1. The third kappa shape index (κ3) is 4.86. The van der Waals surface area contributed by atoms with Crippen LogP contribution in [0.25, 0.3) is 0 Å². The van der Waals surface area contributed by atoms with E-state index in [1.165, 1.54) is 11.0 Å². The van der Waals surface area contributed by atoms with Crippen LogP contribution in [0.15, 0.2) is 29.1 Å². The molecule has 2 N–H and O–H groups in total. The van der Waals surface area contributed by atoms with Gasteiger partial charge in [0.1, 0.15) is 16.8 Å². The Balaban J connectivity index is 1.95. The van der Waals surface area contributed by atoms with Crippen molar-refractivity contribution in [2.75, 3.05) is 10.0 Å². The van der Waals surface area contributed by atoms with Gasteiger partial charge in [0.2, 0.25) is 0 Å². The van der Waals surface area contributed by atoms with Crippen LogP contribution in [0.5, 0.6) is 0 Å². The fourth-order valence-electron chi connectivity index (χ4n) is 3.31. The Hall–Kier alpha value is -1.06. The van der Waals surface area contributed by atoms with Crippen LogP contribution in [-0.2, 0) is 18.0 Å². The van der Waals surface area contributed by atoms with E-state index in [2.05, 4.69) is 32.6 Å². The Morgan fingerprint density at radius 2 is 1.89 bits per heavy atom. The molecule has 1 atom stereocenters. The van der Waals surface area contributed by atoms with Crippen molar-refractivity contribution in [1.29, 1.82) is 0 Å². The van der Waals surface area contributed by atoms with Crippen molar-refractivity contribution < 1.29 is 4.21 Å². The van der Waals surface area contributed by atoms with Crippen molar-refractivity contribution in [2.24, 2.45) is 7.05 Å². The first kappa shape index (κ1) is 20.7. The topological polar surface area (TPSA) is 63.1 Å². The highest BCUT2D eigenvalue weighted by Crippen LogP contribution is 2.31. The first-order valence-electron chi connectivity index (χ1n) is 8.96. The molecule has 2 aromatic rings. The van der Waals surface area contributed by atoms with Crippen LogP contribution in [0.2, 0.25) is 5.02 Å². The van der Waals surface area contributed by atoms with Gasteiger partial charge in [-0.2, -0.15) is 0 Å². The molecule has 3 rings (SSSR count). The van der Waals surface area contributed by atoms with Gasteiger partial charge >= 0.3 is 0 Å². The van der Waals surface area contributed by atoms with Crippen molar-refractivity contribution in [3.8, 4) is 0 Å². The largest absolute Gasteiger partial charge is 0.339 e.